The molecule has 0 amide bonds. The van der Waals surface area contributed by atoms with E-state index >= 15 is 0 Å². The maximum atomic E-state index is 5.91. The summed E-state index contributed by atoms with van der Waals surface area (Å²) < 4.78 is 11.2. The molecule has 0 saturated carbocycles. The first kappa shape index (κ1) is 17.2. The van der Waals surface area contributed by atoms with Crippen LogP contribution in [0.3, 0.4) is 0 Å². The molecule has 1 atom stereocenters. The van der Waals surface area contributed by atoms with Gasteiger partial charge in [-0.2, -0.15) is 4.98 Å². The van der Waals surface area contributed by atoms with E-state index in [0.29, 0.717) is 29.6 Å². The van der Waals surface area contributed by atoms with Crippen molar-refractivity contribution >= 4 is 11.6 Å². The molecule has 1 unspecified atom stereocenters. The summed E-state index contributed by atoms with van der Waals surface area (Å²) in [5, 5.41) is 8.18. The van der Waals surface area contributed by atoms with E-state index in [1.165, 1.54) is 0 Å². The summed E-state index contributed by atoms with van der Waals surface area (Å²) in [4.78, 5) is 11.1. The van der Waals surface area contributed by atoms with Crippen molar-refractivity contribution in [1.82, 2.24) is 25.3 Å². The smallest absolute Gasteiger partial charge is 0.227 e. The molecule has 1 fully saturated rings. The van der Waals surface area contributed by atoms with Gasteiger partial charge in [-0.05, 0) is 31.3 Å². The summed E-state index contributed by atoms with van der Waals surface area (Å²) in [5.74, 6) is 2.69. The monoisotopic (exact) mass is 373 g/mol. The van der Waals surface area contributed by atoms with Crippen LogP contribution in [0.5, 0.6) is 0 Å². The fraction of sp³-hybridized carbons (Fsp3) is 0.389. The van der Waals surface area contributed by atoms with E-state index in [2.05, 4.69) is 32.4 Å². The standard InChI is InChI=1S/C18H20ClN5O2/c1-24-9-8-20-10-14(24)18-22-17(26-23-18)7-6-16-21-11-15(25-16)12-2-4-13(19)5-3-12/h2-5,11,14,20H,6-10H2,1H3. The van der Waals surface area contributed by atoms with E-state index < -0.39 is 0 Å². The zero-order valence-electron chi connectivity index (χ0n) is 14.5. The summed E-state index contributed by atoms with van der Waals surface area (Å²) in [6, 6.07) is 7.63. The molecule has 0 radical (unpaired) electrons. The lowest BCUT2D eigenvalue weighted by Crippen LogP contribution is -2.44. The number of hydrogen-bond donors (Lipinski definition) is 1. The molecule has 26 heavy (non-hydrogen) atoms. The van der Waals surface area contributed by atoms with E-state index in [-0.39, 0.29) is 6.04 Å². The molecule has 7 nitrogen and oxygen atoms in total. The molecule has 2 aromatic heterocycles. The molecule has 136 valence electrons. The third-order valence-corrected chi connectivity index (χ3v) is 4.78. The molecule has 0 spiro atoms. The summed E-state index contributed by atoms with van der Waals surface area (Å²) in [6.07, 6.45) is 2.92. The number of piperazine rings is 1. The number of aromatic nitrogens is 3. The number of oxazole rings is 1. The Balaban J connectivity index is 1.38. The maximum Gasteiger partial charge on any atom is 0.227 e. The Morgan fingerprint density at radius 1 is 1.23 bits per heavy atom. The SMILES string of the molecule is CN1CCNCC1c1noc(CCc2ncc(-c3ccc(Cl)cc3)o2)n1. The number of benzene rings is 1. The van der Waals surface area contributed by atoms with Crippen LogP contribution in [0, 0.1) is 0 Å². The molecule has 4 rings (SSSR count). The van der Waals surface area contributed by atoms with Crippen LogP contribution in [-0.4, -0.2) is 46.7 Å². The molecule has 1 aliphatic rings. The van der Waals surface area contributed by atoms with E-state index in [4.69, 9.17) is 20.5 Å². The van der Waals surface area contributed by atoms with E-state index in [1.807, 2.05) is 24.3 Å². The summed E-state index contributed by atoms with van der Waals surface area (Å²) in [5.41, 5.74) is 0.945. The van der Waals surface area contributed by atoms with Gasteiger partial charge in [0.05, 0.1) is 12.2 Å². The van der Waals surface area contributed by atoms with Gasteiger partial charge in [-0.3, -0.25) is 4.90 Å². The lowest BCUT2D eigenvalue weighted by Gasteiger charge is -2.30. The van der Waals surface area contributed by atoms with Gasteiger partial charge in [-0.25, -0.2) is 4.98 Å². The highest BCUT2D eigenvalue weighted by Gasteiger charge is 2.25. The number of hydrogen-bond acceptors (Lipinski definition) is 7. The third kappa shape index (κ3) is 3.80. The van der Waals surface area contributed by atoms with Gasteiger partial charge in [0.2, 0.25) is 5.89 Å². The Labute approximate surface area is 156 Å². The van der Waals surface area contributed by atoms with Crippen molar-refractivity contribution in [2.45, 2.75) is 18.9 Å². The molecular formula is C18H20ClN5O2. The van der Waals surface area contributed by atoms with Crippen molar-refractivity contribution in [2.24, 2.45) is 0 Å². The van der Waals surface area contributed by atoms with Crippen molar-refractivity contribution in [3.63, 3.8) is 0 Å². The maximum absolute atomic E-state index is 5.91. The van der Waals surface area contributed by atoms with Gasteiger partial charge in [0, 0.05) is 43.1 Å². The molecule has 0 bridgehead atoms. The Morgan fingerprint density at radius 3 is 2.85 bits per heavy atom. The van der Waals surface area contributed by atoms with Gasteiger partial charge in [-0.15, -0.1) is 0 Å². The van der Waals surface area contributed by atoms with Crippen LogP contribution >= 0.6 is 11.6 Å². The quantitative estimate of drug-likeness (QED) is 0.736. The zero-order valence-corrected chi connectivity index (χ0v) is 15.2. The molecule has 1 aromatic carbocycles. The lowest BCUT2D eigenvalue weighted by molar-refractivity contribution is 0.190. The van der Waals surface area contributed by atoms with Crippen molar-refractivity contribution in [3.8, 4) is 11.3 Å². The van der Waals surface area contributed by atoms with Crippen molar-refractivity contribution in [1.29, 1.82) is 0 Å². The Hall–Kier alpha value is -2.22. The van der Waals surface area contributed by atoms with Gasteiger partial charge < -0.3 is 14.3 Å². The van der Waals surface area contributed by atoms with E-state index in [1.54, 1.807) is 6.20 Å². The topological polar surface area (TPSA) is 80.2 Å². The first-order chi connectivity index (χ1) is 12.7. The fourth-order valence-corrected chi connectivity index (χ4v) is 3.11. The van der Waals surface area contributed by atoms with Gasteiger partial charge >= 0.3 is 0 Å². The van der Waals surface area contributed by atoms with E-state index in [9.17, 15) is 0 Å². The third-order valence-electron chi connectivity index (χ3n) is 4.53. The predicted molar refractivity (Wildman–Crippen MR) is 96.9 cm³/mol. The van der Waals surface area contributed by atoms with Crippen LogP contribution in [0.25, 0.3) is 11.3 Å². The van der Waals surface area contributed by atoms with Crippen LogP contribution in [0.4, 0.5) is 0 Å². The lowest BCUT2D eigenvalue weighted by atomic mass is 10.2. The largest absolute Gasteiger partial charge is 0.441 e. The van der Waals surface area contributed by atoms with Gasteiger partial charge in [0.25, 0.3) is 0 Å². The fourth-order valence-electron chi connectivity index (χ4n) is 2.99. The molecule has 1 N–H and O–H groups in total. The Morgan fingerprint density at radius 2 is 2.04 bits per heavy atom. The number of aryl methyl sites for hydroxylation is 2. The second-order valence-corrected chi connectivity index (χ2v) is 6.81. The highest BCUT2D eigenvalue weighted by molar-refractivity contribution is 6.30. The average molecular weight is 374 g/mol. The molecule has 3 aromatic rings. The first-order valence-electron chi connectivity index (χ1n) is 8.63. The van der Waals surface area contributed by atoms with Crippen molar-refractivity contribution in [3.05, 3.63) is 53.1 Å². The molecule has 1 saturated heterocycles. The normalized spacial score (nSPS) is 18.3. The molecular weight excluding hydrogens is 354 g/mol. The minimum absolute atomic E-state index is 0.152. The molecule has 8 heteroatoms. The predicted octanol–water partition coefficient (Wildman–Crippen LogP) is 2.74. The van der Waals surface area contributed by atoms with Crippen LogP contribution in [0.15, 0.2) is 39.4 Å². The molecule has 1 aliphatic heterocycles. The van der Waals surface area contributed by atoms with Crippen LogP contribution in [-0.2, 0) is 12.8 Å². The first-order valence-corrected chi connectivity index (χ1v) is 9.01. The highest BCUT2D eigenvalue weighted by atomic mass is 35.5. The van der Waals surface area contributed by atoms with Crippen LogP contribution < -0.4 is 5.32 Å². The number of halogens is 1. The Bertz CT molecular complexity index is 861. The van der Waals surface area contributed by atoms with Crippen molar-refractivity contribution in [2.75, 3.05) is 26.7 Å². The van der Waals surface area contributed by atoms with Crippen LogP contribution in [0.2, 0.25) is 5.02 Å². The minimum Gasteiger partial charge on any atom is -0.441 e. The number of nitrogens with zero attached hydrogens (tertiary/aromatic N) is 4. The molecule has 3 heterocycles. The highest BCUT2D eigenvalue weighted by Crippen LogP contribution is 2.23. The van der Waals surface area contributed by atoms with Crippen molar-refractivity contribution < 1.29 is 8.94 Å². The summed E-state index contributed by atoms with van der Waals surface area (Å²) in [6.45, 7) is 2.79. The molecule has 0 aliphatic carbocycles. The number of rotatable bonds is 5. The second kappa shape index (κ2) is 7.57. The zero-order chi connectivity index (χ0) is 17.9. The van der Waals surface area contributed by atoms with Crippen LogP contribution in [0.1, 0.15) is 23.6 Å². The number of likely N-dealkylation sites (N-methyl/N-ethyl adjacent to an activating group) is 1. The van der Waals surface area contributed by atoms with Gasteiger partial charge in [0.15, 0.2) is 17.5 Å². The van der Waals surface area contributed by atoms with Gasteiger partial charge in [0.1, 0.15) is 0 Å². The Kier molecular flexibility index (Phi) is 5.01. The van der Waals surface area contributed by atoms with E-state index in [0.717, 1.165) is 36.8 Å². The second-order valence-electron chi connectivity index (χ2n) is 6.37. The average Bonchev–Trinajstić information content (AvgIpc) is 3.30. The minimum atomic E-state index is 0.152. The summed E-state index contributed by atoms with van der Waals surface area (Å²) in [7, 11) is 2.08. The summed E-state index contributed by atoms with van der Waals surface area (Å²) >= 11 is 5.91. The van der Waals surface area contributed by atoms with Gasteiger partial charge in [-0.1, -0.05) is 16.8 Å². The number of nitrogens with one attached hydrogen (secondary N) is 1.